The predicted octanol–water partition coefficient (Wildman–Crippen LogP) is 25.2. The molecule has 0 aromatic carbocycles. The molecule has 0 aromatic rings. The topological polar surface area (TPSA) is 237 Å². The first-order valence-corrected chi connectivity index (χ1v) is 46.1. The van der Waals surface area contributed by atoms with E-state index >= 15 is 0 Å². The average Bonchev–Trinajstić information content (AvgIpc) is 0.908. The monoisotopic (exact) mass is 1490 g/mol. The van der Waals surface area contributed by atoms with Gasteiger partial charge in [0.15, 0.2) is 12.2 Å². The Balaban J connectivity index is 5.18. The van der Waals surface area contributed by atoms with Crippen molar-refractivity contribution >= 4 is 39.5 Å². The van der Waals surface area contributed by atoms with Crippen LogP contribution in [0.2, 0.25) is 0 Å². The van der Waals surface area contributed by atoms with Crippen molar-refractivity contribution in [3.05, 3.63) is 0 Å². The van der Waals surface area contributed by atoms with E-state index < -0.39 is 97.5 Å². The summed E-state index contributed by atoms with van der Waals surface area (Å²) < 4.78 is 68.7. The largest absolute Gasteiger partial charge is 0.472 e. The molecule has 2 unspecified atom stereocenters. The molecule has 0 rings (SSSR count). The molecule has 0 radical (unpaired) electrons. The van der Waals surface area contributed by atoms with Crippen molar-refractivity contribution < 1.29 is 80.2 Å². The molecule has 0 saturated carbocycles. The molecule has 0 aromatic heterocycles. The quantitative estimate of drug-likeness (QED) is 0.0222. The summed E-state index contributed by atoms with van der Waals surface area (Å²) in [6.45, 7) is 7.31. The number of hydrogen-bond donors (Lipinski definition) is 3. The zero-order valence-corrected chi connectivity index (χ0v) is 68.5. The van der Waals surface area contributed by atoms with Crippen LogP contribution in [0.1, 0.15) is 446 Å². The summed E-state index contributed by atoms with van der Waals surface area (Å²) in [5.41, 5.74) is 0. The lowest BCUT2D eigenvalue weighted by molar-refractivity contribution is -0.161. The molecule has 0 aliphatic carbocycles. The van der Waals surface area contributed by atoms with Gasteiger partial charge in [0.05, 0.1) is 26.4 Å². The van der Waals surface area contributed by atoms with E-state index in [9.17, 15) is 43.2 Å². The molecule has 0 heterocycles. The van der Waals surface area contributed by atoms with Gasteiger partial charge in [0.2, 0.25) is 0 Å². The second-order valence-electron chi connectivity index (χ2n) is 30.3. The van der Waals surface area contributed by atoms with Crippen LogP contribution in [0.25, 0.3) is 0 Å². The minimum atomic E-state index is -4.96. The van der Waals surface area contributed by atoms with E-state index in [2.05, 4.69) is 34.6 Å². The van der Waals surface area contributed by atoms with Gasteiger partial charge in [-0.2, -0.15) is 0 Å². The summed E-state index contributed by atoms with van der Waals surface area (Å²) in [5.74, 6) is -1.34. The van der Waals surface area contributed by atoms with Crippen molar-refractivity contribution in [1.82, 2.24) is 0 Å². The summed E-state index contributed by atoms with van der Waals surface area (Å²) in [6.07, 6.45) is 68.2. The fourth-order valence-corrected chi connectivity index (χ4v) is 14.5. The Hall–Kier alpha value is -1.94. The number of phosphoric ester groups is 2. The van der Waals surface area contributed by atoms with Gasteiger partial charge in [-0.25, -0.2) is 9.13 Å². The van der Waals surface area contributed by atoms with Crippen LogP contribution in [0, 0.1) is 5.92 Å². The van der Waals surface area contributed by atoms with E-state index in [-0.39, 0.29) is 25.7 Å². The first kappa shape index (κ1) is 100. The summed E-state index contributed by atoms with van der Waals surface area (Å²) >= 11 is 0. The number of phosphoric acid groups is 2. The lowest BCUT2D eigenvalue weighted by Crippen LogP contribution is -2.30. The number of rotatable bonds is 83. The summed E-state index contributed by atoms with van der Waals surface area (Å²) in [7, 11) is -9.92. The average molecular weight is 1490 g/mol. The van der Waals surface area contributed by atoms with E-state index in [0.29, 0.717) is 25.7 Å². The second-order valence-corrected chi connectivity index (χ2v) is 33.3. The van der Waals surface area contributed by atoms with Crippen LogP contribution in [-0.2, 0) is 65.4 Å². The van der Waals surface area contributed by atoms with Crippen LogP contribution in [0.15, 0.2) is 0 Å². The van der Waals surface area contributed by atoms with Crippen LogP contribution in [-0.4, -0.2) is 96.7 Å². The highest BCUT2D eigenvalue weighted by atomic mass is 31.2. The molecule has 19 heteroatoms. The molecule has 606 valence electrons. The van der Waals surface area contributed by atoms with Gasteiger partial charge in [-0.05, 0) is 31.6 Å². The van der Waals surface area contributed by atoms with Crippen molar-refractivity contribution in [2.75, 3.05) is 39.6 Å². The summed E-state index contributed by atoms with van der Waals surface area (Å²) in [6, 6.07) is 0. The molecule has 3 N–H and O–H groups in total. The van der Waals surface area contributed by atoms with E-state index in [1.807, 2.05) is 0 Å². The van der Waals surface area contributed by atoms with Gasteiger partial charge in [0, 0.05) is 25.7 Å². The van der Waals surface area contributed by atoms with E-state index in [1.165, 1.54) is 263 Å². The number of esters is 4. The number of carbonyl (C=O) groups excluding carboxylic acids is 4. The first-order valence-electron chi connectivity index (χ1n) is 43.1. The van der Waals surface area contributed by atoms with Gasteiger partial charge in [-0.1, -0.05) is 394 Å². The third-order valence-electron chi connectivity index (χ3n) is 19.5. The fraction of sp³-hybridized carbons (Fsp3) is 0.952. The standard InChI is InChI=1S/C83H162O17P2/c1-6-9-12-15-18-21-23-25-27-29-31-32-34-36-38-40-44-48-53-58-63-68-82(87)100-79(73-94-81(86)67-62-57-52-47-43-39-37-35-33-30-28-26-24-22-19-16-13-10-7-2)75-98-102(91,92)96-71-77(84)70-95-101(89,90)97-74-78(72-93-80(85)66-61-56-51-20-17-14-11-8-3)99-83(88)69-64-59-54-49-45-41-42-46-50-55-60-65-76(4)5/h76-79,84H,6-75H2,1-5H3,(H,89,90)(H,91,92)/t77-,78+,79+/m0/s1. The fourth-order valence-electron chi connectivity index (χ4n) is 12.9. The molecule has 102 heavy (non-hydrogen) atoms. The Bertz CT molecular complexity index is 1940. The summed E-state index contributed by atoms with van der Waals surface area (Å²) in [4.78, 5) is 73.0. The van der Waals surface area contributed by atoms with Gasteiger partial charge in [-0.3, -0.25) is 37.3 Å². The van der Waals surface area contributed by atoms with Crippen LogP contribution < -0.4 is 0 Å². The SMILES string of the molecule is CCCCCCCCCCCCCCCCCCCCCCCC(=O)O[C@H](COC(=O)CCCCCCCCCCCCCCCCCCCCC)COP(=O)(O)OC[C@@H](O)COP(=O)(O)OC[C@@H](COC(=O)CCCCCCCCCC)OC(=O)CCCCCCCCCCCCCC(C)C. The van der Waals surface area contributed by atoms with E-state index in [4.69, 9.17) is 37.0 Å². The lowest BCUT2D eigenvalue weighted by atomic mass is 10.0. The van der Waals surface area contributed by atoms with E-state index in [1.54, 1.807) is 0 Å². The first-order chi connectivity index (χ1) is 49.5. The number of unbranched alkanes of at least 4 members (excludes halogenated alkanes) is 55. The molecule has 17 nitrogen and oxygen atoms in total. The van der Waals surface area contributed by atoms with Crippen molar-refractivity contribution in [3.8, 4) is 0 Å². The zero-order chi connectivity index (χ0) is 74.8. The number of aliphatic hydroxyl groups excluding tert-OH is 1. The minimum Gasteiger partial charge on any atom is -0.462 e. The van der Waals surface area contributed by atoms with Gasteiger partial charge >= 0.3 is 39.5 Å². The molecule has 0 aliphatic heterocycles. The molecule has 0 bridgehead atoms. The highest BCUT2D eigenvalue weighted by molar-refractivity contribution is 7.47. The Morgan fingerprint density at radius 2 is 0.451 bits per heavy atom. The lowest BCUT2D eigenvalue weighted by Gasteiger charge is -2.21. The molecule has 0 aliphatic rings. The molecular formula is C83H162O17P2. The van der Waals surface area contributed by atoms with Gasteiger partial charge in [0.1, 0.15) is 19.3 Å². The normalized spacial score (nSPS) is 13.8. The van der Waals surface area contributed by atoms with Gasteiger partial charge < -0.3 is 33.8 Å². The number of carbonyl (C=O) groups is 4. The van der Waals surface area contributed by atoms with Crippen molar-refractivity contribution in [2.24, 2.45) is 5.92 Å². The molecule has 0 saturated heterocycles. The molecular weight excluding hydrogens is 1330 g/mol. The molecule has 0 fully saturated rings. The maximum absolute atomic E-state index is 13.1. The third-order valence-corrected chi connectivity index (χ3v) is 21.4. The number of aliphatic hydroxyl groups is 1. The Kier molecular flexibility index (Phi) is 74.4. The van der Waals surface area contributed by atoms with E-state index in [0.717, 1.165) is 102 Å². The van der Waals surface area contributed by atoms with Crippen LogP contribution in [0.4, 0.5) is 0 Å². The van der Waals surface area contributed by atoms with Crippen LogP contribution >= 0.6 is 15.6 Å². The highest BCUT2D eigenvalue weighted by Gasteiger charge is 2.30. The number of ether oxygens (including phenoxy) is 4. The summed E-state index contributed by atoms with van der Waals surface area (Å²) in [5, 5.41) is 10.6. The second kappa shape index (κ2) is 75.9. The minimum absolute atomic E-state index is 0.107. The Labute approximate surface area is 626 Å². The third kappa shape index (κ3) is 76.3. The maximum atomic E-state index is 13.1. The Morgan fingerprint density at radius 3 is 0.667 bits per heavy atom. The van der Waals surface area contributed by atoms with Gasteiger partial charge in [-0.15, -0.1) is 0 Å². The van der Waals surface area contributed by atoms with Crippen molar-refractivity contribution in [2.45, 2.75) is 464 Å². The van der Waals surface area contributed by atoms with Crippen LogP contribution in [0.5, 0.6) is 0 Å². The Morgan fingerprint density at radius 1 is 0.265 bits per heavy atom. The smallest absolute Gasteiger partial charge is 0.462 e. The van der Waals surface area contributed by atoms with Crippen LogP contribution in [0.3, 0.4) is 0 Å². The number of hydrogen-bond acceptors (Lipinski definition) is 15. The molecule has 0 amide bonds. The maximum Gasteiger partial charge on any atom is 0.472 e. The highest BCUT2D eigenvalue weighted by Crippen LogP contribution is 2.45. The van der Waals surface area contributed by atoms with Crippen molar-refractivity contribution in [3.63, 3.8) is 0 Å². The molecule has 5 atom stereocenters. The predicted molar refractivity (Wildman–Crippen MR) is 418 cm³/mol. The zero-order valence-electron chi connectivity index (χ0n) is 66.8. The van der Waals surface area contributed by atoms with Gasteiger partial charge in [0.25, 0.3) is 0 Å². The molecule has 0 spiro atoms. The van der Waals surface area contributed by atoms with Crippen molar-refractivity contribution in [1.29, 1.82) is 0 Å².